The maximum absolute atomic E-state index is 12.3. The van der Waals surface area contributed by atoms with Crippen LogP contribution in [0.2, 0.25) is 0 Å². The Morgan fingerprint density at radius 2 is 1.92 bits per heavy atom. The molecule has 0 radical (unpaired) electrons. The van der Waals surface area contributed by atoms with Crippen LogP contribution in [-0.4, -0.2) is 49.5 Å². The van der Waals surface area contributed by atoms with Crippen molar-refractivity contribution in [2.24, 2.45) is 11.8 Å². The summed E-state index contributed by atoms with van der Waals surface area (Å²) in [4.78, 5) is 23.8. The number of hydrogen-bond donors (Lipinski definition) is 2. The standard InChI is InChI=1S/C17H21NO6/c19-16(15-10-23-13-3-1-2-4-14(13)24-15)18-9-12(17(20)21)11-5-7-22-8-6-11/h1-4,11-12,15H,5-10H2,(H,18,19)(H,20,21). The molecule has 7 heteroatoms. The largest absolute Gasteiger partial charge is 0.485 e. The highest BCUT2D eigenvalue weighted by Crippen LogP contribution is 2.31. The Morgan fingerprint density at radius 1 is 1.21 bits per heavy atom. The Balaban J connectivity index is 1.55. The molecule has 0 spiro atoms. The quantitative estimate of drug-likeness (QED) is 0.836. The first kappa shape index (κ1) is 16.6. The van der Waals surface area contributed by atoms with E-state index in [1.807, 2.05) is 6.07 Å². The normalized spacial score (nSPS) is 21.8. The molecule has 1 aromatic carbocycles. The fourth-order valence-electron chi connectivity index (χ4n) is 3.05. The van der Waals surface area contributed by atoms with Gasteiger partial charge in [-0.2, -0.15) is 0 Å². The number of ether oxygens (including phenoxy) is 3. The summed E-state index contributed by atoms with van der Waals surface area (Å²) in [6.07, 6.45) is 0.621. The number of carbonyl (C=O) groups excluding carboxylic acids is 1. The van der Waals surface area contributed by atoms with Crippen LogP contribution < -0.4 is 14.8 Å². The summed E-state index contributed by atoms with van der Waals surface area (Å²) in [7, 11) is 0. The number of nitrogens with one attached hydrogen (secondary N) is 1. The van der Waals surface area contributed by atoms with Gasteiger partial charge in [0.25, 0.3) is 5.91 Å². The summed E-state index contributed by atoms with van der Waals surface area (Å²) in [5.41, 5.74) is 0. The van der Waals surface area contributed by atoms with E-state index in [2.05, 4.69) is 5.32 Å². The molecule has 2 aliphatic rings. The van der Waals surface area contributed by atoms with Gasteiger partial charge in [-0.1, -0.05) is 12.1 Å². The van der Waals surface area contributed by atoms with Crippen molar-refractivity contribution >= 4 is 11.9 Å². The van der Waals surface area contributed by atoms with Gasteiger partial charge < -0.3 is 24.6 Å². The molecule has 2 heterocycles. The zero-order valence-electron chi connectivity index (χ0n) is 13.3. The fraction of sp³-hybridized carbons (Fsp3) is 0.529. The van der Waals surface area contributed by atoms with E-state index in [9.17, 15) is 14.7 Å². The van der Waals surface area contributed by atoms with Gasteiger partial charge in [0, 0.05) is 19.8 Å². The molecule has 2 unspecified atom stereocenters. The Hall–Kier alpha value is -2.28. The van der Waals surface area contributed by atoms with Crippen LogP contribution in [0.25, 0.3) is 0 Å². The van der Waals surface area contributed by atoms with Gasteiger partial charge in [0.2, 0.25) is 6.10 Å². The lowest BCUT2D eigenvalue weighted by Gasteiger charge is -2.29. The molecule has 0 bridgehead atoms. The van der Waals surface area contributed by atoms with Crippen LogP contribution in [0, 0.1) is 11.8 Å². The number of fused-ring (bicyclic) bond motifs is 1. The molecule has 1 fully saturated rings. The predicted molar refractivity (Wildman–Crippen MR) is 84.0 cm³/mol. The molecule has 2 atom stereocenters. The summed E-state index contributed by atoms with van der Waals surface area (Å²) in [5, 5.41) is 12.1. The molecule has 1 amide bonds. The van der Waals surface area contributed by atoms with E-state index in [1.165, 1.54) is 0 Å². The predicted octanol–water partition coefficient (Wildman–Crippen LogP) is 1.07. The van der Waals surface area contributed by atoms with Crippen LogP contribution in [0.15, 0.2) is 24.3 Å². The van der Waals surface area contributed by atoms with Crippen molar-refractivity contribution in [1.82, 2.24) is 5.32 Å². The van der Waals surface area contributed by atoms with Crippen LogP contribution in [0.3, 0.4) is 0 Å². The Kier molecular flexibility index (Phi) is 5.20. The number of rotatable bonds is 5. The van der Waals surface area contributed by atoms with Gasteiger partial charge in [-0.25, -0.2) is 0 Å². The van der Waals surface area contributed by atoms with Crippen molar-refractivity contribution in [3.63, 3.8) is 0 Å². The van der Waals surface area contributed by atoms with Crippen molar-refractivity contribution < 1.29 is 28.9 Å². The second-order valence-corrected chi connectivity index (χ2v) is 6.00. The molecule has 2 N–H and O–H groups in total. The number of amides is 1. The van der Waals surface area contributed by atoms with Gasteiger partial charge >= 0.3 is 5.97 Å². The highest BCUT2D eigenvalue weighted by Gasteiger charge is 2.32. The van der Waals surface area contributed by atoms with E-state index in [0.29, 0.717) is 37.6 Å². The van der Waals surface area contributed by atoms with Gasteiger partial charge in [0.1, 0.15) is 6.61 Å². The molecule has 0 aliphatic carbocycles. The maximum atomic E-state index is 12.3. The molecule has 130 valence electrons. The van der Waals surface area contributed by atoms with Gasteiger partial charge in [-0.15, -0.1) is 0 Å². The van der Waals surface area contributed by atoms with Crippen molar-refractivity contribution in [2.75, 3.05) is 26.4 Å². The SMILES string of the molecule is O=C(NCC(C(=O)O)C1CCOCC1)C1COc2ccccc2O1. The first-order valence-electron chi connectivity index (χ1n) is 8.12. The van der Waals surface area contributed by atoms with Crippen LogP contribution in [0.5, 0.6) is 11.5 Å². The van der Waals surface area contributed by atoms with Crippen LogP contribution in [0.4, 0.5) is 0 Å². The third-order valence-corrected chi connectivity index (χ3v) is 4.45. The highest BCUT2D eigenvalue weighted by atomic mass is 16.6. The minimum atomic E-state index is -0.895. The summed E-state index contributed by atoms with van der Waals surface area (Å²) in [6.45, 7) is 1.33. The average Bonchev–Trinajstić information content (AvgIpc) is 2.62. The Labute approximate surface area is 139 Å². The molecule has 1 aromatic rings. The van der Waals surface area contributed by atoms with E-state index in [0.717, 1.165) is 0 Å². The minimum Gasteiger partial charge on any atom is -0.485 e. The number of benzene rings is 1. The first-order chi connectivity index (χ1) is 11.6. The smallest absolute Gasteiger partial charge is 0.308 e. The Morgan fingerprint density at radius 3 is 2.62 bits per heavy atom. The first-order valence-corrected chi connectivity index (χ1v) is 8.12. The minimum absolute atomic E-state index is 0.0146. The Bertz CT molecular complexity index is 598. The lowest BCUT2D eigenvalue weighted by atomic mass is 9.86. The van der Waals surface area contributed by atoms with Crippen LogP contribution in [-0.2, 0) is 14.3 Å². The topological polar surface area (TPSA) is 94.1 Å². The van der Waals surface area contributed by atoms with Crippen LogP contribution >= 0.6 is 0 Å². The van der Waals surface area contributed by atoms with Crippen molar-refractivity contribution in [3.8, 4) is 11.5 Å². The lowest BCUT2D eigenvalue weighted by Crippen LogP contribution is -2.47. The van der Waals surface area contributed by atoms with Gasteiger partial charge in [-0.3, -0.25) is 9.59 Å². The molecule has 0 saturated carbocycles. The summed E-state index contributed by atoms with van der Waals surface area (Å²) in [6, 6.07) is 7.13. The number of aliphatic carboxylic acids is 1. The van der Waals surface area contributed by atoms with Crippen molar-refractivity contribution in [2.45, 2.75) is 18.9 Å². The molecule has 7 nitrogen and oxygen atoms in total. The van der Waals surface area contributed by atoms with E-state index in [4.69, 9.17) is 14.2 Å². The summed E-state index contributed by atoms with van der Waals surface area (Å²) in [5.74, 6) is -0.734. The second kappa shape index (κ2) is 7.53. The highest BCUT2D eigenvalue weighted by molar-refractivity contribution is 5.82. The van der Waals surface area contributed by atoms with E-state index >= 15 is 0 Å². The molecule has 3 rings (SSSR count). The molecule has 0 aromatic heterocycles. The van der Waals surface area contributed by atoms with E-state index < -0.39 is 18.0 Å². The number of carboxylic acids is 1. The number of hydrogen-bond acceptors (Lipinski definition) is 5. The van der Waals surface area contributed by atoms with Crippen molar-refractivity contribution in [3.05, 3.63) is 24.3 Å². The molecular formula is C17H21NO6. The van der Waals surface area contributed by atoms with E-state index in [-0.39, 0.29) is 25.0 Å². The fourth-order valence-corrected chi connectivity index (χ4v) is 3.05. The van der Waals surface area contributed by atoms with E-state index in [1.54, 1.807) is 18.2 Å². The lowest BCUT2D eigenvalue weighted by molar-refractivity contribution is -0.145. The maximum Gasteiger partial charge on any atom is 0.308 e. The molecular weight excluding hydrogens is 314 g/mol. The van der Waals surface area contributed by atoms with Crippen molar-refractivity contribution in [1.29, 1.82) is 0 Å². The third-order valence-electron chi connectivity index (χ3n) is 4.45. The zero-order valence-corrected chi connectivity index (χ0v) is 13.3. The number of para-hydroxylation sites is 2. The molecule has 1 saturated heterocycles. The monoisotopic (exact) mass is 335 g/mol. The van der Waals surface area contributed by atoms with Gasteiger partial charge in [0.05, 0.1) is 5.92 Å². The molecule has 24 heavy (non-hydrogen) atoms. The summed E-state index contributed by atoms with van der Waals surface area (Å²) >= 11 is 0. The third kappa shape index (κ3) is 3.79. The average molecular weight is 335 g/mol. The van der Waals surface area contributed by atoms with Crippen LogP contribution in [0.1, 0.15) is 12.8 Å². The second-order valence-electron chi connectivity index (χ2n) is 6.00. The van der Waals surface area contributed by atoms with Gasteiger partial charge in [-0.05, 0) is 30.9 Å². The summed E-state index contributed by atoms with van der Waals surface area (Å²) < 4.78 is 16.4. The zero-order chi connectivity index (χ0) is 16.9. The molecule has 2 aliphatic heterocycles. The number of carboxylic acid groups (broad SMARTS) is 1. The number of carbonyl (C=O) groups is 2. The van der Waals surface area contributed by atoms with Gasteiger partial charge in [0.15, 0.2) is 11.5 Å².